The molecule has 0 saturated heterocycles. The van der Waals surface area contributed by atoms with E-state index in [4.69, 9.17) is 0 Å². The van der Waals surface area contributed by atoms with Crippen molar-refractivity contribution in [1.29, 1.82) is 0 Å². The number of hydrogen-bond donors (Lipinski definition) is 2. The van der Waals surface area contributed by atoms with E-state index in [1.807, 2.05) is 54.7 Å². The second-order valence-electron chi connectivity index (χ2n) is 8.41. The van der Waals surface area contributed by atoms with Gasteiger partial charge in [-0.2, -0.15) is 0 Å². The Kier molecular flexibility index (Phi) is 8.98. The number of rotatable bonds is 2. The standard InChI is InChI=1S/C17H12N.C10H18O2.Ir/c1-3-7-14(8-4-1)16-11-12-17(18-13-16)15-9-5-2-6-10-15;11-8-4-2-1-3-7-5-6-9(12)10(7)8;/h1-9,11-13H;7-12H,1-6H2;/q-1;;. The summed E-state index contributed by atoms with van der Waals surface area (Å²) in [6.45, 7) is 0. The van der Waals surface area contributed by atoms with Crippen molar-refractivity contribution in [3.63, 3.8) is 0 Å². The molecule has 1 radical (unpaired) electrons. The van der Waals surface area contributed by atoms with E-state index in [0.717, 1.165) is 42.5 Å². The zero-order chi connectivity index (χ0) is 20.8. The molecule has 31 heavy (non-hydrogen) atoms. The van der Waals surface area contributed by atoms with Gasteiger partial charge in [-0.1, -0.05) is 55.3 Å². The van der Waals surface area contributed by atoms with Crippen LogP contribution in [0.1, 0.15) is 38.5 Å². The SMILES string of the molecule is OC1CCCCC2CCC(O)C12.[Ir].[c-]1ccccc1-c1ccc(-c2ccccc2)cn1. The maximum absolute atomic E-state index is 9.77. The molecule has 1 aromatic heterocycles. The number of fused-ring (bicyclic) bond motifs is 1. The quantitative estimate of drug-likeness (QED) is 0.386. The third kappa shape index (κ3) is 6.11. The van der Waals surface area contributed by atoms with Crippen LogP contribution < -0.4 is 0 Å². The molecule has 0 aliphatic heterocycles. The second-order valence-corrected chi connectivity index (χ2v) is 8.41. The van der Waals surface area contributed by atoms with Crippen LogP contribution in [0.3, 0.4) is 0 Å². The summed E-state index contributed by atoms with van der Waals surface area (Å²) in [5.74, 6) is 0.810. The Morgan fingerprint density at radius 1 is 0.742 bits per heavy atom. The van der Waals surface area contributed by atoms with Gasteiger partial charge in [-0.05, 0) is 48.4 Å². The second kappa shape index (κ2) is 11.7. The fraction of sp³-hybridized carbons (Fsp3) is 0.370. The normalized spacial score (nSPS) is 24.7. The summed E-state index contributed by atoms with van der Waals surface area (Å²) in [6.07, 6.45) is 8.00. The molecule has 0 bridgehead atoms. The van der Waals surface area contributed by atoms with Gasteiger partial charge in [0.15, 0.2) is 0 Å². The smallest absolute Gasteiger partial charge is 0.0595 e. The molecule has 2 aliphatic rings. The first-order valence-corrected chi connectivity index (χ1v) is 11.1. The van der Waals surface area contributed by atoms with Gasteiger partial charge >= 0.3 is 0 Å². The van der Waals surface area contributed by atoms with E-state index in [1.165, 1.54) is 18.4 Å². The van der Waals surface area contributed by atoms with Crippen LogP contribution in [0.4, 0.5) is 0 Å². The Hall–Kier alpha value is -1.84. The van der Waals surface area contributed by atoms with Gasteiger partial charge in [0, 0.05) is 32.2 Å². The van der Waals surface area contributed by atoms with E-state index >= 15 is 0 Å². The molecule has 2 N–H and O–H groups in total. The number of hydrogen-bond acceptors (Lipinski definition) is 3. The van der Waals surface area contributed by atoms with Crippen molar-refractivity contribution in [1.82, 2.24) is 4.98 Å². The van der Waals surface area contributed by atoms with Crippen LogP contribution in [-0.2, 0) is 20.1 Å². The predicted molar refractivity (Wildman–Crippen MR) is 121 cm³/mol. The average Bonchev–Trinajstić information content (AvgIpc) is 3.07. The molecule has 4 atom stereocenters. The molecular weight excluding hydrogens is 563 g/mol. The van der Waals surface area contributed by atoms with Crippen LogP contribution in [0.25, 0.3) is 22.4 Å². The van der Waals surface area contributed by atoms with Crippen molar-refractivity contribution in [3.05, 3.63) is 79.0 Å². The van der Waals surface area contributed by atoms with Crippen LogP contribution in [0.15, 0.2) is 72.9 Å². The summed E-state index contributed by atoms with van der Waals surface area (Å²) in [5.41, 5.74) is 4.30. The Labute approximate surface area is 198 Å². The molecular formula is C27H30IrNO2-. The number of aliphatic hydroxyl groups excluding tert-OH is 2. The summed E-state index contributed by atoms with van der Waals surface area (Å²) < 4.78 is 0. The van der Waals surface area contributed by atoms with Crippen molar-refractivity contribution in [2.24, 2.45) is 11.8 Å². The molecule has 4 heteroatoms. The zero-order valence-electron chi connectivity index (χ0n) is 17.7. The van der Waals surface area contributed by atoms with Crippen LogP contribution in [-0.4, -0.2) is 27.4 Å². The summed E-state index contributed by atoms with van der Waals surface area (Å²) in [4.78, 5) is 4.49. The third-order valence-corrected chi connectivity index (χ3v) is 6.45. The molecule has 1 heterocycles. The van der Waals surface area contributed by atoms with Gasteiger partial charge in [-0.3, -0.25) is 0 Å². The number of nitrogens with zero attached hydrogens (tertiary/aromatic N) is 1. The average molecular weight is 593 g/mol. The van der Waals surface area contributed by atoms with E-state index in [2.05, 4.69) is 29.2 Å². The maximum atomic E-state index is 9.77. The molecule has 165 valence electrons. The van der Waals surface area contributed by atoms with E-state index < -0.39 is 0 Å². The number of aliphatic hydroxyl groups is 2. The van der Waals surface area contributed by atoms with Crippen molar-refractivity contribution in [2.45, 2.75) is 50.7 Å². The first-order valence-electron chi connectivity index (χ1n) is 11.1. The van der Waals surface area contributed by atoms with Gasteiger partial charge in [0.1, 0.15) is 0 Å². The van der Waals surface area contributed by atoms with E-state index in [-0.39, 0.29) is 38.2 Å². The summed E-state index contributed by atoms with van der Waals surface area (Å²) in [5, 5.41) is 19.4. The molecule has 2 aliphatic carbocycles. The van der Waals surface area contributed by atoms with Gasteiger partial charge in [-0.25, -0.2) is 0 Å². The molecule has 4 unspecified atom stereocenters. The molecule has 3 nitrogen and oxygen atoms in total. The predicted octanol–water partition coefficient (Wildman–Crippen LogP) is 5.52. The summed E-state index contributed by atoms with van der Waals surface area (Å²) >= 11 is 0. The topological polar surface area (TPSA) is 53.4 Å². The minimum Gasteiger partial charge on any atom is -0.393 e. The van der Waals surface area contributed by atoms with E-state index in [9.17, 15) is 10.2 Å². The largest absolute Gasteiger partial charge is 0.393 e. The van der Waals surface area contributed by atoms with Crippen molar-refractivity contribution < 1.29 is 30.3 Å². The van der Waals surface area contributed by atoms with Crippen molar-refractivity contribution in [3.8, 4) is 22.4 Å². The van der Waals surface area contributed by atoms with Gasteiger partial charge in [0.25, 0.3) is 0 Å². The Morgan fingerprint density at radius 3 is 2.19 bits per heavy atom. The molecule has 2 saturated carbocycles. The first kappa shape index (κ1) is 23.8. The Bertz CT molecular complexity index is 843. The number of aromatic nitrogens is 1. The van der Waals surface area contributed by atoms with E-state index in [0.29, 0.717) is 5.92 Å². The maximum Gasteiger partial charge on any atom is 0.0595 e. The molecule has 0 amide bonds. The van der Waals surface area contributed by atoms with Gasteiger partial charge in [0.05, 0.1) is 12.2 Å². The van der Waals surface area contributed by atoms with Gasteiger partial charge < -0.3 is 15.2 Å². The molecule has 2 fully saturated rings. The minimum atomic E-state index is -0.227. The molecule has 2 aromatic carbocycles. The van der Waals surface area contributed by atoms with Crippen molar-refractivity contribution in [2.75, 3.05) is 0 Å². The fourth-order valence-electron chi connectivity index (χ4n) is 4.85. The summed E-state index contributed by atoms with van der Waals surface area (Å²) in [7, 11) is 0. The Morgan fingerprint density at radius 2 is 1.48 bits per heavy atom. The fourth-order valence-corrected chi connectivity index (χ4v) is 4.85. The van der Waals surface area contributed by atoms with Crippen LogP contribution in [0.2, 0.25) is 0 Å². The molecule has 0 spiro atoms. The number of benzene rings is 2. The summed E-state index contributed by atoms with van der Waals surface area (Å²) in [6, 6.07) is 25.5. The Balaban J connectivity index is 0.000000183. The van der Waals surface area contributed by atoms with E-state index in [1.54, 1.807) is 0 Å². The first-order chi connectivity index (χ1) is 14.7. The van der Waals surface area contributed by atoms with Gasteiger partial charge in [0.2, 0.25) is 0 Å². The minimum absolute atomic E-state index is 0. The monoisotopic (exact) mass is 593 g/mol. The zero-order valence-corrected chi connectivity index (χ0v) is 20.1. The molecule has 3 aromatic rings. The van der Waals surface area contributed by atoms with Crippen LogP contribution >= 0.6 is 0 Å². The third-order valence-electron chi connectivity index (χ3n) is 6.45. The van der Waals surface area contributed by atoms with Crippen LogP contribution in [0, 0.1) is 17.9 Å². The van der Waals surface area contributed by atoms with Crippen LogP contribution in [0.5, 0.6) is 0 Å². The van der Waals surface area contributed by atoms with Crippen molar-refractivity contribution >= 4 is 0 Å². The van der Waals surface area contributed by atoms with Gasteiger partial charge in [-0.15, -0.1) is 35.9 Å². The number of pyridine rings is 1. The molecule has 5 rings (SSSR count).